The van der Waals surface area contributed by atoms with Gasteiger partial charge >= 0.3 is 0 Å². The summed E-state index contributed by atoms with van der Waals surface area (Å²) in [5, 5.41) is 16.4. The van der Waals surface area contributed by atoms with Crippen LogP contribution < -0.4 is 15.8 Å². The maximum atomic E-state index is 12.1. The summed E-state index contributed by atoms with van der Waals surface area (Å²) in [6.07, 6.45) is 2.88. The van der Waals surface area contributed by atoms with Crippen LogP contribution in [0.2, 0.25) is 0 Å². The second-order valence-corrected chi connectivity index (χ2v) is 5.86. The molecule has 0 amide bonds. The van der Waals surface area contributed by atoms with Crippen molar-refractivity contribution in [3.8, 4) is 0 Å². The van der Waals surface area contributed by atoms with Crippen molar-refractivity contribution >= 4 is 21.6 Å². The zero-order chi connectivity index (χ0) is 13.4. The molecule has 7 heteroatoms. The lowest BCUT2D eigenvalue weighted by atomic mass is 10.1. The number of anilines is 1. The number of aliphatic hydroxyl groups excluding tert-OH is 1. The Morgan fingerprint density at radius 3 is 3.16 bits per heavy atom. The van der Waals surface area contributed by atoms with E-state index in [9.17, 15) is 4.79 Å². The summed E-state index contributed by atoms with van der Waals surface area (Å²) in [6, 6.07) is 0.464. The van der Waals surface area contributed by atoms with Crippen molar-refractivity contribution in [2.24, 2.45) is 5.92 Å². The molecule has 2 fully saturated rings. The van der Waals surface area contributed by atoms with Gasteiger partial charge in [-0.25, -0.2) is 4.68 Å². The van der Waals surface area contributed by atoms with Gasteiger partial charge in [-0.15, -0.1) is 0 Å². The molecule has 3 rings (SSSR count). The van der Waals surface area contributed by atoms with Crippen LogP contribution in [-0.4, -0.2) is 47.2 Å². The van der Waals surface area contributed by atoms with Gasteiger partial charge in [0.1, 0.15) is 4.47 Å². The van der Waals surface area contributed by atoms with Crippen LogP contribution in [0.15, 0.2) is 15.5 Å². The van der Waals surface area contributed by atoms with E-state index in [1.807, 2.05) is 0 Å². The molecule has 104 valence electrons. The number of hydrogen-bond donors (Lipinski definition) is 2. The normalized spacial score (nSPS) is 25.9. The van der Waals surface area contributed by atoms with Crippen molar-refractivity contribution in [2.45, 2.75) is 19.0 Å². The second kappa shape index (κ2) is 5.22. The van der Waals surface area contributed by atoms with Crippen molar-refractivity contribution in [3.63, 3.8) is 0 Å². The molecule has 2 N–H and O–H groups in total. The molecule has 19 heavy (non-hydrogen) atoms. The highest BCUT2D eigenvalue weighted by Gasteiger charge is 2.38. The first-order chi connectivity index (χ1) is 9.22. The maximum absolute atomic E-state index is 12.1. The second-order valence-electron chi connectivity index (χ2n) is 5.06. The van der Waals surface area contributed by atoms with E-state index in [0.717, 1.165) is 31.7 Å². The van der Waals surface area contributed by atoms with Crippen molar-refractivity contribution in [3.05, 3.63) is 21.0 Å². The molecule has 3 heterocycles. The molecule has 0 spiro atoms. The Morgan fingerprint density at radius 1 is 1.53 bits per heavy atom. The van der Waals surface area contributed by atoms with E-state index in [-0.39, 0.29) is 18.7 Å². The lowest BCUT2D eigenvalue weighted by Gasteiger charge is -2.26. The molecule has 1 aromatic rings. The minimum Gasteiger partial charge on any atom is -0.394 e. The lowest BCUT2D eigenvalue weighted by Crippen LogP contribution is -2.36. The molecular weight excluding hydrogens is 312 g/mol. The number of fused-ring (bicyclic) bond motifs is 1. The van der Waals surface area contributed by atoms with Crippen LogP contribution in [0.25, 0.3) is 0 Å². The first-order valence-electron chi connectivity index (χ1n) is 6.56. The van der Waals surface area contributed by atoms with Crippen molar-refractivity contribution in [2.75, 3.05) is 31.1 Å². The van der Waals surface area contributed by atoms with Crippen LogP contribution in [0, 0.1) is 5.92 Å². The molecule has 0 aliphatic carbocycles. The van der Waals surface area contributed by atoms with E-state index in [2.05, 4.69) is 31.2 Å². The predicted octanol–water partition coefficient (Wildman–Crippen LogP) is -0.204. The largest absolute Gasteiger partial charge is 0.394 e. The summed E-state index contributed by atoms with van der Waals surface area (Å²) in [5.74, 6) is 0.673. The van der Waals surface area contributed by atoms with Gasteiger partial charge in [-0.3, -0.25) is 4.79 Å². The molecule has 0 radical (unpaired) electrons. The highest BCUT2D eigenvalue weighted by molar-refractivity contribution is 9.10. The number of aromatic nitrogens is 2. The molecule has 2 atom stereocenters. The Balaban J connectivity index is 1.93. The number of hydrogen-bond acceptors (Lipinski definition) is 5. The molecular formula is C12H17BrN4O2. The first-order valence-corrected chi connectivity index (χ1v) is 7.35. The van der Waals surface area contributed by atoms with Gasteiger partial charge in [0.15, 0.2) is 0 Å². The zero-order valence-electron chi connectivity index (χ0n) is 10.5. The first kappa shape index (κ1) is 13.1. The smallest absolute Gasteiger partial charge is 0.283 e. The van der Waals surface area contributed by atoms with Crippen molar-refractivity contribution < 1.29 is 5.11 Å². The third-order valence-corrected chi connectivity index (χ3v) is 4.78. The monoisotopic (exact) mass is 328 g/mol. The summed E-state index contributed by atoms with van der Waals surface area (Å²) in [6.45, 7) is 3.15. The van der Waals surface area contributed by atoms with Gasteiger partial charge in [-0.05, 0) is 28.3 Å². The Kier molecular flexibility index (Phi) is 3.60. The minimum absolute atomic E-state index is 0.0863. The van der Waals surface area contributed by atoms with Gasteiger partial charge in [-0.2, -0.15) is 5.10 Å². The fourth-order valence-corrected chi connectivity index (χ4v) is 3.59. The SMILES string of the molecule is O=c1c(Br)c(N2CC[C@H]3CNC[C@H]32)cnn1CCO. The number of rotatable bonds is 3. The van der Waals surface area contributed by atoms with E-state index < -0.39 is 0 Å². The third-order valence-electron chi connectivity index (χ3n) is 4.03. The summed E-state index contributed by atoms with van der Waals surface area (Å²) in [4.78, 5) is 14.4. The number of halogens is 1. The Hall–Kier alpha value is -0.920. The predicted molar refractivity (Wildman–Crippen MR) is 75.4 cm³/mol. The molecule has 2 aliphatic heterocycles. The van der Waals surface area contributed by atoms with E-state index in [0.29, 0.717) is 16.4 Å². The standard InChI is InChI=1S/C12H17BrN4O2/c13-11-10(7-15-17(3-4-18)12(11)19)16-2-1-8-5-14-6-9(8)16/h7-9,14,18H,1-6H2/t8-,9+/m0/s1. The molecule has 2 aliphatic rings. The van der Waals surface area contributed by atoms with Crippen LogP contribution in [0.5, 0.6) is 0 Å². The highest BCUT2D eigenvalue weighted by Crippen LogP contribution is 2.34. The van der Waals surface area contributed by atoms with Crippen LogP contribution in [0.3, 0.4) is 0 Å². The third kappa shape index (κ3) is 2.19. The highest BCUT2D eigenvalue weighted by atomic mass is 79.9. The average molecular weight is 329 g/mol. The van der Waals surface area contributed by atoms with Crippen LogP contribution in [0.1, 0.15) is 6.42 Å². The summed E-state index contributed by atoms with van der Waals surface area (Å²) in [5.41, 5.74) is 0.691. The van der Waals surface area contributed by atoms with Gasteiger partial charge in [0, 0.05) is 25.7 Å². The van der Waals surface area contributed by atoms with Gasteiger partial charge in [0.2, 0.25) is 0 Å². The number of aliphatic hydroxyl groups is 1. The van der Waals surface area contributed by atoms with E-state index in [1.54, 1.807) is 6.20 Å². The maximum Gasteiger partial charge on any atom is 0.283 e. The van der Waals surface area contributed by atoms with Crippen LogP contribution in [0.4, 0.5) is 5.69 Å². The van der Waals surface area contributed by atoms with Crippen LogP contribution >= 0.6 is 15.9 Å². The molecule has 0 aromatic carbocycles. The number of nitrogens with zero attached hydrogens (tertiary/aromatic N) is 3. The van der Waals surface area contributed by atoms with Gasteiger partial charge in [0.25, 0.3) is 5.56 Å². The Labute approximate surface area is 119 Å². The number of nitrogens with one attached hydrogen (secondary N) is 1. The van der Waals surface area contributed by atoms with E-state index in [4.69, 9.17) is 5.11 Å². The molecule has 0 saturated carbocycles. The van der Waals surface area contributed by atoms with Crippen LogP contribution in [-0.2, 0) is 6.54 Å². The summed E-state index contributed by atoms with van der Waals surface area (Å²) >= 11 is 3.39. The molecule has 2 saturated heterocycles. The zero-order valence-corrected chi connectivity index (χ0v) is 12.1. The Bertz CT molecular complexity index is 533. The summed E-state index contributed by atoms with van der Waals surface area (Å²) in [7, 11) is 0. The quantitative estimate of drug-likeness (QED) is 0.804. The molecule has 0 unspecified atom stereocenters. The topological polar surface area (TPSA) is 70.4 Å². The minimum atomic E-state index is -0.180. The molecule has 6 nitrogen and oxygen atoms in total. The average Bonchev–Trinajstić information content (AvgIpc) is 2.99. The molecule has 1 aromatic heterocycles. The Morgan fingerprint density at radius 2 is 2.37 bits per heavy atom. The molecule has 0 bridgehead atoms. The van der Waals surface area contributed by atoms with E-state index in [1.165, 1.54) is 4.68 Å². The summed E-state index contributed by atoms with van der Waals surface area (Å²) < 4.78 is 1.83. The van der Waals surface area contributed by atoms with Gasteiger partial charge in [-0.1, -0.05) is 0 Å². The fourth-order valence-electron chi connectivity index (χ4n) is 3.06. The van der Waals surface area contributed by atoms with Crippen molar-refractivity contribution in [1.29, 1.82) is 0 Å². The van der Waals surface area contributed by atoms with Gasteiger partial charge in [0.05, 0.1) is 25.0 Å². The van der Waals surface area contributed by atoms with E-state index >= 15 is 0 Å². The van der Waals surface area contributed by atoms with Crippen molar-refractivity contribution in [1.82, 2.24) is 15.1 Å². The van der Waals surface area contributed by atoms with Gasteiger partial charge < -0.3 is 15.3 Å². The fraction of sp³-hybridized carbons (Fsp3) is 0.667. The lowest BCUT2D eigenvalue weighted by molar-refractivity contribution is 0.266.